The molecular weight excluding hydrogens is 166 g/mol. The SMILES string of the molecule is CCOc1cnn(CC2CNC2)c1. The van der Waals surface area contributed by atoms with Crippen molar-refractivity contribution < 1.29 is 4.74 Å². The van der Waals surface area contributed by atoms with Crippen molar-refractivity contribution in [2.24, 2.45) is 5.92 Å². The topological polar surface area (TPSA) is 39.1 Å². The van der Waals surface area contributed by atoms with Crippen LogP contribution in [-0.4, -0.2) is 29.5 Å². The maximum absolute atomic E-state index is 5.32. The van der Waals surface area contributed by atoms with Crippen molar-refractivity contribution >= 4 is 0 Å². The van der Waals surface area contributed by atoms with Gasteiger partial charge in [-0.05, 0) is 6.92 Å². The van der Waals surface area contributed by atoms with Crippen molar-refractivity contribution in [1.29, 1.82) is 0 Å². The summed E-state index contributed by atoms with van der Waals surface area (Å²) in [7, 11) is 0. The van der Waals surface area contributed by atoms with E-state index in [9.17, 15) is 0 Å². The molecule has 0 spiro atoms. The van der Waals surface area contributed by atoms with E-state index in [0.29, 0.717) is 6.61 Å². The summed E-state index contributed by atoms with van der Waals surface area (Å²) < 4.78 is 7.28. The van der Waals surface area contributed by atoms with Crippen molar-refractivity contribution in [3.8, 4) is 5.75 Å². The van der Waals surface area contributed by atoms with Gasteiger partial charge in [-0.1, -0.05) is 0 Å². The van der Waals surface area contributed by atoms with Crippen LogP contribution in [0.1, 0.15) is 6.92 Å². The molecule has 1 aromatic rings. The third kappa shape index (κ3) is 2.01. The minimum absolute atomic E-state index is 0.705. The smallest absolute Gasteiger partial charge is 0.157 e. The minimum atomic E-state index is 0.705. The summed E-state index contributed by atoms with van der Waals surface area (Å²) in [6.07, 6.45) is 3.73. The molecule has 72 valence electrons. The highest BCUT2D eigenvalue weighted by Crippen LogP contribution is 2.11. The number of nitrogens with one attached hydrogen (secondary N) is 1. The van der Waals surface area contributed by atoms with E-state index in [4.69, 9.17) is 4.74 Å². The van der Waals surface area contributed by atoms with Gasteiger partial charge in [0.1, 0.15) is 0 Å². The molecule has 1 N–H and O–H groups in total. The number of aromatic nitrogens is 2. The molecule has 1 aliphatic heterocycles. The summed E-state index contributed by atoms with van der Waals surface area (Å²) in [5.41, 5.74) is 0. The van der Waals surface area contributed by atoms with Gasteiger partial charge < -0.3 is 10.1 Å². The molecule has 0 saturated carbocycles. The predicted molar refractivity (Wildman–Crippen MR) is 49.8 cm³/mol. The highest BCUT2D eigenvalue weighted by Gasteiger charge is 2.17. The van der Waals surface area contributed by atoms with Crippen LogP contribution in [0.3, 0.4) is 0 Å². The Morgan fingerprint density at radius 3 is 3.15 bits per heavy atom. The number of hydrogen-bond donors (Lipinski definition) is 1. The Morgan fingerprint density at radius 1 is 1.69 bits per heavy atom. The predicted octanol–water partition coefficient (Wildman–Crippen LogP) is 0.501. The Kier molecular flexibility index (Phi) is 2.49. The molecule has 1 saturated heterocycles. The molecule has 2 heterocycles. The first kappa shape index (κ1) is 8.56. The lowest BCUT2D eigenvalue weighted by atomic mass is 10.0. The molecule has 0 atom stereocenters. The lowest BCUT2D eigenvalue weighted by molar-refractivity contribution is 0.294. The number of nitrogens with zero attached hydrogens (tertiary/aromatic N) is 2. The van der Waals surface area contributed by atoms with E-state index < -0.39 is 0 Å². The van der Waals surface area contributed by atoms with Gasteiger partial charge in [-0.3, -0.25) is 4.68 Å². The molecule has 4 heteroatoms. The van der Waals surface area contributed by atoms with E-state index in [0.717, 1.165) is 31.3 Å². The van der Waals surface area contributed by atoms with Crippen LogP contribution in [0.25, 0.3) is 0 Å². The van der Waals surface area contributed by atoms with E-state index in [2.05, 4.69) is 10.4 Å². The molecule has 1 aliphatic rings. The van der Waals surface area contributed by atoms with Gasteiger partial charge in [0.2, 0.25) is 0 Å². The minimum Gasteiger partial charge on any atom is -0.491 e. The summed E-state index contributed by atoms with van der Waals surface area (Å²) in [5, 5.41) is 7.46. The summed E-state index contributed by atoms with van der Waals surface area (Å²) >= 11 is 0. The summed E-state index contributed by atoms with van der Waals surface area (Å²) in [6.45, 7) is 5.91. The van der Waals surface area contributed by atoms with E-state index >= 15 is 0 Å². The van der Waals surface area contributed by atoms with Crippen LogP contribution in [0, 0.1) is 5.92 Å². The Hall–Kier alpha value is -1.03. The first-order chi connectivity index (χ1) is 6.38. The van der Waals surface area contributed by atoms with Crippen molar-refractivity contribution in [3.05, 3.63) is 12.4 Å². The Bertz CT molecular complexity index is 268. The summed E-state index contributed by atoms with van der Waals surface area (Å²) in [6, 6.07) is 0. The van der Waals surface area contributed by atoms with Gasteiger partial charge >= 0.3 is 0 Å². The second-order valence-electron chi connectivity index (χ2n) is 3.36. The van der Waals surface area contributed by atoms with Gasteiger partial charge in [-0.2, -0.15) is 5.10 Å². The van der Waals surface area contributed by atoms with Crippen LogP contribution in [-0.2, 0) is 6.54 Å². The molecular formula is C9H15N3O. The maximum atomic E-state index is 5.32. The first-order valence-corrected chi connectivity index (χ1v) is 4.74. The van der Waals surface area contributed by atoms with Crippen molar-refractivity contribution in [2.45, 2.75) is 13.5 Å². The highest BCUT2D eigenvalue weighted by molar-refractivity contribution is 5.11. The molecule has 0 bridgehead atoms. The third-order valence-corrected chi connectivity index (χ3v) is 2.23. The van der Waals surface area contributed by atoms with E-state index in [1.165, 1.54) is 0 Å². The second-order valence-corrected chi connectivity index (χ2v) is 3.36. The van der Waals surface area contributed by atoms with Gasteiger partial charge in [-0.25, -0.2) is 0 Å². The van der Waals surface area contributed by atoms with Crippen LogP contribution in [0.2, 0.25) is 0 Å². The van der Waals surface area contributed by atoms with E-state index in [1.54, 1.807) is 6.20 Å². The second kappa shape index (κ2) is 3.79. The quantitative estimate of drug-likeness (QED) is 0.735. The molecule has 0 aromatic carbocycles. The highest BCUT2D eigenvalue weighted by atomic mass is 16.5. The third-order valence-electron chi connectivity index (χ3n) is 2.23. The summed E-state index contributed by atoms with van der Waals surface area (Å²) in [4.78, 5) is 0. The Labute approximate surface area is 77.9 Å². The number of rotatable bonds is 4. The van der Waals surface area contributed by atoms with Crippen LogP contribution in [0.4, 0.5) is 0 Å². The average molecular weight is 181 g/mol. The zero-order valence-electron chi connectivity index (χ0n) is 7.86. The Balaban J connectivity index is 1.88. The molecule has 13 heavy (non-hydrogen) atoms. The van der Waals surface area contributed by atoms with Crippen LogP contribution < -0.4 is 10.1 Å². The molecule has 1 aromatic heterocycles. The average Bonchev–Trinajstić information content (AvgIpc) is 2.46. The molecule has 0 aliphatic carbocycles. The van der Waals surface area contributed by atoms with Gasteiger partial charge in [0, 0.05) is 25.6 Å². The molecule has 2 rings (SSSR count). The van der Waals surface area contributed by atoms with Crippen LogP contribution in [0.15, 0.2) is 12.4 Å². The van der Waals surface area contributed by atoms with Gasteiger partial charge in [0.15, 0.2) is 5.75 Å². The summed E-state index contributed by atoms with van der Waals surface area (Å²) in [5.74, 6) is 1.61. The van der Waals surface area contributed by atoms with Gasteiger partial charge in [0.25, 0.3) is 0 Å². The van der Waals surface area contributed by atoms with Crippen LogP contribution in [0.5, 0.6) is 5.75 Å². The standard InChI is InChI=1S/C9H15N3O/c1-2-13-9-5-11-12(7-9)6-8-3-10-4-8/h5,7-8,10H,2-4,6H2,1H3. The molecule has 4 nitrogen and oxygen atoms in total. The normalized spacial score (nSPS) is 17.0. The zero-order chi connectivity index (χ0) is 9.10. The molecule has 0 unspecified atom stereocenters. The van der Waals surface area contributed by atoms with Gasteiger partial charge in [0.05, 0.1) is 19.0 Å². The molecule has 0 radical (unpaired) electrons. The molecule has 1 fully saturated rings. The van der Waals surface area contributed by atoms with E-state index in [-0.39, 0.29) is 0 Å². The Morgan fingerprint density at radius 2 is 2.54 bits per heavy atom. The lowest BCUT2D eigenvalue weighted by Crippen LogP contribution is -2.44. The lowest BCUT2D eigenvalue weighted by Gasteiger charge is -2.26. The first-order valence-electron chi connectivity index (χ1n) is 4.74. The van der Waals surface area contributed by atoms with Crippen molar-refractivity contribution in [1.82, 2.24) is 15.1 Å². The largest absolute Gasteiger partial charge is 0.491 e. The van der Waals surface area contributed by atoms with Crippen molar-refractivity contribution in [3.63, 3.8) is 0 Å². The number of hydrogen-bond acceptors (Lipinski definition) is 3. The monoisotopic (exact) mass is 181 g/mol. The molecule has 0 amide bonds. The van der Waals surface area contributed by atoms with Gasteiger partial charge in [-0.15, -0.1) is 0 Å². The maximum Gasteiger partial charge on any atom is 0.157 e. The van der Waals surface area contributed by atoms with Crippen molar-refractivity contribution in [2.75, 3.05) is 19.7 Å². The fraction of sp³-hybridized carbons (Fsp3) is 0.667. The fourth-order valence-electron chi connectivity index (χ4n) is 1.43. The zero-order valence-corrected chi connectivity index (χ0v) is 7.86. The van der Waals surface area contributed by atoms with E-state index in [1.807, 2.05) is 17.8 Å². The van der Waals surface area contributed by atoms with Crippen LogP contribution >= 0.6 is 0 Å². The number of ether oxygens (including phenoxy) is 1. The fourth-order valence-corrected chi connectivity index (χ4v) is 1.43.